The van der Waals surface area contributed by atoms with Gasteiger partial charge in [0.2, 0.25) is 5.24 Å². The van der Waals surface area contributed by atoms with Gasteiger partial charge in [-0.15, -0.1) is 11.3 Å². The number of benzene rings is 1. The maximum atomic E-state index is 10.5. The maximum Gasteiger partial charge on any atom is 0.245 e. The zero-order valence-electron chi connectivity index (χ0n) is 7.11. The number of carbonyl (C=O) groups excluding carboxylic acids is 1. The van der Waals surface area contributed by atoms with Crippen molar-refractivity contribution in [1.29, 1.82) is 0 Å². The van der Waals surface area contributed by atoms with E-state index >= 15 is 0 Å². The van der Waals surface area contributed by atoms with Crippen LogP contribution >= 0.6 is 22.9 Å². The second-order valence-electron chi connectivity index (χ2n) is 2.72. The lowest BCUT2D eigenvalue weighted by Gasteiger charge is -1.91. The van der Waals surface area contributed by atoms with E-state index in [-0.39, 0.29) is 0 Å². The predicted octanol–water partition coefficient (Wildman–Crippen LogP) is 3.07. The van der Waals surface area contributed by atoms with Crippen molar-refractivity contribution in [2.75, 3.05) is 0 Å². The molecular formula is C10H6ClNOS. The summed E-state index contributed by atoms with van der Waals surface area (Å²) in [4.78, 5) is 14.7. The van der Waals surface area contributed by atoms with E-state index in [4.69, 9.17) is 11.6 Å². The normalized spacial score (nSPS) is 11.2. The molecule has 0 bridgehead atoms. The number of aromatic nitrogens is 1. The molecule has 0 N–H and O–H groups in total. The highest BCUT2D eigenvalue weighted by Crippen LogP contribution is 2.19. The molecule has 70 valence electrons. The van der Waals surface area contributed by atoms with Gasteiger partial charge in [0.25, 0.3) is 0 Å². The summed E-state index contributed by atoms with van der Waals surface area (Å²) in [6.07, 6.45) is 3.03. The number of carbonyl (C=O) groups is 1. The Labute approximate surface area is 89.8 Å². The highest BCUT2D eigenvalue weighted by atomic mass is 35.5. The first-order valence-electron chi connectivity index (χ1n) is 3.96. The van der Waals surface area contributed by atoms with Crippen molar-refractivity contribution in [3.63, 3.8) is 0 Å². The minimum atomic E-state index is -0.464. The van der Waals surface area contributed by atoms with Gasteiger partial charge < -0.3 is 0 Å². The van der Waals surface area contributed by atoms with E-state index in [1.54, 1.807) is 22.9 Å². The van der Waals surface area contributed by atoms with Crippen LogP contribution in [0.1, 0.15) is 5.56 Å². The fourth-order valence-electron chi connectivity index (χ4n) is 1.14. The Kier molecular flexibility index (Phi) is 2.61. The number of rotatable bonds is 2. The molecule has 2 nitrogen and oxygen atoms in total. The van der Waals surface area contributed by atoms with Crippen LogP contribution in [0.4, 0.5) is 0 Å². The molecule has 0 atom stereocenters. The molecule has 14 heavy (non-hydrogen) atoms. The zero-order valence-corrected chi connectivity index (χ0v) is 8.68. The number of hydrogen-bond acceptors (Lipinski definition) is 3. The van der Waals surface area contributed by atoms with Crippen LogP contribution in [0, 0.1) is 0 Å². The lowest BCUT2D eigenvalue weighted by atomic mass is 10.2. The predicted molar refractivity (Wildman–Crippen MR) is 59.5 cm³/mol. The molecule has 0 fully saturated rings. The Bertz CT molecular complexity index is 504. The van der Waals surface area contributed by atoms with Crippen LogP contribution in [0.5, 0.6) is 0 Å². The van der Waals surface area contributed by atoms with Gasteiger partial charge in [0.1, 0.15) is 0 Å². The van der Waals surface area contributed by atoms with Crippen LogP contribution in [0.25, 0.3) is 16.3 Å². The monoisotopic (exact) mass is 223 g/mol. The largest absolute Gasteiger partial charge is 0.276 e. The average Bonchev–Trinajstić information content (AvgIpc) is 2.61. The van der Waals surface area contributed by atoms with Crippen molar-refractivity contribution in [2.24, 2.45) is 0 Å². The molecule has 0 radical (unpaired) electrons. The molecule has 0 unspecified atom stereocenters. The van der Waals surface area contributed by atoms with Gasteiger partial charge in [0, 0.05) is 0 Å². The van der Waals surface area contributed by atoms with Crippen LogP contribution in [-0.4, -0.2) is 10.2 Å². The van der Waals surface area contributed by atoms with Crippen LogP contribution in [0.2, 0.25) is 0 Å². The third-order valence-corrected chi connectivity index (χ3v) is 2.68. The molecule has 0 aliphatic rings. The van der Waals surface area contributed by atoms with Gasteiger partial charge in [0.05, 0.1) is 15.7 Å². The topological polar surface area (TPSA) is 30.0 Å². The first-order valence-corrected chi connectivity index (χ1v) is 5.22. The molecule has 1 heterocycles. The fourth-order valence-corrected chi connectivity index (χ4v) is 1.93. The van der Waals surface area contributed by atoms with E-state index < -0.39 is 5.24 Å². The molecule has 1 aromatic heterocycles. The van der Waals surface area contributed by atoms with Gasteiger partial charge in [-0.1, -0.05) is 12.1 Å². The number of allylic oxidation sites excluding steroid dienone is 1. The lowest BCUT2D eigenvalue weighted by molar-refractivity contribution is -0.107. The summed E-state index contributed by atoms with van der Waals surface area (Å²) in [6.45, 7) is 0. The first kappa shape index (κ1) is 9.37. The van der Waals surface area contributed by atoms with Crippen molar-refractivity contribution in [3.8, 4) is 0 Å². The van der Waals surface area contributed by atoms with E-state index in [9.17, 15) is 4.79 Å². The van der Waals surface area contributed by atoms with Gasteiger partial charge in [-0.3, -0.25) is 4.79 Å². The smallest absolute Gasteiger partial charge is 0.245 e. The van der Waals surface area contributed by atoms with E-state index in [2.05, 4.69) is 4.98 Å². The fraction of sp³-hybridized carbons (Fsp3) is 0. The summed E-state index contributed by atoms with van der Waals surface area (Å²) in [5.74, 6) is 0. The van der Waals surface area contributed by atoms with Gasteiger partial charge in [-0.2, -0.15) is 0 Å². The maximum absolute atomic E-state index is 10.5. The van der Waals surface area contributed by atoms with Crippen molar-refractivity contribution >= 4 is 44.5 Å². The van der Waals surface area contributed by atoms with E-state index in [0.29, 0.717) is 0 Å². The van der Waals surface area contributed by atoms with Crippen LogP contribution in [-0.2, 0) is 4.79 Å². The molecule has 1 aromatic carbocycles. The molecule has 0 aliphatic carbocycles. The Morgan fingerprint density at radius 2 is 2.36 bits per heavy atom. The molecule has 0 saturated carbocycles. The van der Waals surface area contributed by atoms with E-state index in [1.807, 2.05) is 18.2 Å². The van der Waals surface area contributed by atoms with Crippen molar-refractivity contribution < 1.29 is 4.79 Å². The van der Waals surface area contributed by atoms with Crippen LogP contribution < -0.4 is 0 Å². The second kappa shape index (κ2) is 3.90. The number of fused-ring (bicyclic) bond motifs is 1. The summed E-state index contributed by atoms with van der Waals surface area (Å²) < 4.78 is 1.11. The summed E-state index contributed by atoms with van der Waals surface area (Å²) >= 11 is 6.76. The zero-order chi connectivity index (χ0) is 9.97. The average molecular weight is 224 g/mol. The lowest BCUT2D eigenvalue weighted by Crippen LogP contribution is -1.76. The van der Waals surface area contributed by atoms with E-state index in [1.165, 1.54) is 6.08 Å². The van der Waals surface area contributed by atoms with Gasteiger partial charge >= 0.3 is 0 Å². The van der Waals surface area contributed by atoms with Crippen molar-refractivity contribution in [1.82, 2.24) is 4.98 Å². The van der Waals surface area contributed by atoms with Gasteiger partial charge in [-0.25, -0.2) is 4.98 Å². The Morgan fingerprint density at radius 3 is 3.14 bits per heavy atom. The van der Waals surface area contributed by atoms with Crippen LogP contribution in [0.15, 0.2) is 29.8 Å². The molecule has 0 amide bonds. The third kappa shape index (κ3) is 2.00. The third-order valence-electron chi connectivity index (χ3n) is 1.76. The van der Waals surface area contributed by atoms with E-state index in [0.717, 1.165) is 15.8 Å². The molecule has 2 rings (SSSR count). The SMILES string of the molecule is O=C(Cl)/C=C/c1ccc2ncsc2c1. The summed E-state index contributed by atoms with van der Waals surface area (Å²) in [5, 5.41) is -0.464. The molecular weight excluding hydrogens is 218 g/mol. The Morgan fingerprint density at radius 1 is 1.50 bits per heavy atom. The molecule has 2 aromatic rings. The van der Waals surface area contributed by atoms with Gasteiger partial charge in [-0.05, 0) is 35.4 Å². The van der Waals surface area contributed by atoms with Crippen LogP contribution in [0.3, 0.4) is 0 Å². The molecule has 0 aliphatic heterocycles. The summed E-state index contributed by atoms with van der Waals surface area (Å²) in [6, 6.07) is 5.80. The Hall–Kier alpha value is -1.19. The number of halogens is 1. The number of thiazole rings is 1. The quantitative estimate of drug-likeness (QED) is 0.579. The molecule has 4 heteroatoms. The van der Waals surface area contributed by atoms with Crippen molar-refractivity contribution in [3.05, 3.63) is 35.3 Å². The highest BCUT2D eigenvalue weighted by Gasteiger charge is 1.96. The van der Waals surface area contributed by atoms with Crippen molar-refractivity contribution in [2.45, 2.75) is 0 Å². The summed E-state index contributed by atoms with van der Waals surface area (Å²) in [7, 11) is 0. The molecule has 0 saturated heterocycles. The Balaban J connectivity index is 2.39. The first-order chi connectivity index (χ1) is 6.75. The number of hydrogen-bond donors (Lipinski definition) is 0. The minimum absolute atomic E-state index is 0.464. The second-order valence-corrected chi connectivity index (χ2v) is 3.98. The number of nitrogens with zero attached hydrogens (tertiary/aromatic N) is 1. The molecule has 0 spiro atoms. The van der Waals surface area contributed by atoms with Gasteiger partial charge in [0.15, 0.2) is 0 Å². The highest BCUT2D eigenvalue weighted by molar-refractivity contribution is 7.16. The summed E-state index contributed by atoms with van der Waals surface area (Å²) in [5.41, 5.74) is 3.73. The standard InChI is InChI=1S/C10H6ClNOS/c11-10(13)4-2-7-1-3-8-9(5-7)14-6-12-8/h1-6H/b4-2+. The minimum Gasteiger partial charge on any atom is -0.276 e.